The van der Waals surface area contributed by atoms with Crippen LogP contribution in [0.25, 0.3) is 0 Å². The van der Waals surface area contributed by atoms with Crippen molar-refractivity contribution in [3.63, 3.8) is 0 Å². The maximum Gasteiger partial charge on any atom is 0.0853 e. The average molecular weight is 379 g/mol. The lowest BCUT2D eigenvalue weighted by molar-refractivity contribution is 0.577. The van der Waals surface area contributed by atoms with Crippen LogP contribution in [-0.4, -0.2) is 16.3 Å². The zero-order chi connectivity index (χ0) is 12.4. The fourth-order valence-corrected chi connectivity index (χ4v) is 3.84. The summed E-state index contributed by atoms with van der Waals surface area (Å²) in [6.45, 7) is 3.03. The zero-order valence-electron chi connectivity index (χ0n) is 9.58. The van der Waals surface area contributed by atoms with E-state index in [0.717, 1.165) is 20.5 Å². The smallest absolute Gasteiger partial charge is 0.0853 e. The van der Waals surface area contributed by atoms with Crippen LogP contribution in [0, 0.1) is 0 Å². The van der Waals surface area contributed by atoms with Gasteiger partial charge in [0.2, 0.25) is 0 Å². The van der Waals surface area contributed by atoms with Crippen molar-refractivity contribution in [1.29, 1.82) is 0 Å². The Balaban J connectivity index is 2.42. The van der Waals surface area contributed by atoms with Crippen LogP contribution in [0.15, 0.2) is 26.6 Å². The maximum atomic E-state index is 4.27. The Hall–Kier alpha value is -0.170. The molecule has 2 aromatic heterocycles. The second-order valence-corrected chi connectivity index (χ2v) is 6.98. The van der Waals surface area contributed by atoms with Gasteiger partial charge in [0.1, 0.15) is 0 Å². The average Bonchev–Trinajstić information content (AvgIpc) is 2.84. The van der Waals surface area contributed by atoms with Gasteiger partial charge in [0.15, 0.2) is 0 Å². The zero-order valence-corrected chi connectivity index (χ0v) is 13.6. The summed E-state index contributed by atoms with van der Waals surface area (Å²) in [5, 5.41) is 7.77. The van der Waals surface area contributed by atoms with Gasteiger partial charge in [0.25, 0.3) is 0 Å². The molecule has 0 saturated heterocycles. The minimum atomic E-state index is 0.179. The second kappa shape index (κ2) is 5.65. The standard InChI is InChI=1S/C11H13Br2N3S/c1-3-14-10(8-4-5-9(13)17-8)11-7(12)6-15-16(11)2/h4-6,10,14H,3H2,1-2H3. The molecule has 0 bridgehead atoms. The topological polar surface area (TPSA) is 29.9 Å². The normalized spacial score (nSPS) is 12.9. The highest BCUT2D eigenvalue weighted by molar-refractivity contribution is 9.11. The van der Waals surface area contributed by atoms with E-state index >= 15 is 0 Å². The summed E-state index contributed by atoms with van der Waals surface area (Å²) in [6.07, 6.45) is 1.84. The Morgan fingerprint density at radius 1 is 1.47 bits per heavy atom. The van der Waals surface area contributed by atoms with Gasteiger partial charge in [-0.3, -0.25) is 4.68 Å². The van der Waals surface area contributed by atoms with Crippen LogP contribution in [-0.2, 0) is 7.05 Å². The summed E-state index contributed by atoms with van der Waals surface area (Å²) in [4.78, 5) is 1.28. The molecule has 1 atom stereocenters. The lowest BCUT2D eigenvalue weighted by Gasteiger charge is -2.17. The van der Waals surface area contributed by atoms with Crippen LogP contribution >= 0.6 is 43.2 Å². The molecule has 0 aliphatic rings. The predicted molar refractivity (Wildman–Crippen MR) is 78.4 cm³/mol. The Morgan fingerprint density at radius 2 is 2.24 bits per heavy atom. The minimum absolute atomic E-state index is 0.179. The number of rotatable bonds is 4. The van der Waals surface area contributed by atoms with Gasteiger partial charge in [-0.25, -0.2) is 0 Å². The van der Waals surface area contributed by atoms with Crippen LogP contribution in [0.2, 0.25) is 0 Å². The number of halogens is 2. The van der Waals surface area contributed by atoms with Crippen molar-refractivity contribution in [2.24, 2.45) is 7.05 Å². The van der Waals surface area contributed by atoms with Crippen molar-refractivity contribution in [2.45, 2.75) is 13.0 Å². The van der Waals surface area contributed by atoms with Crippen molar-refractivity contribution >= 4 is 43.2 Å². The maximum absolute atomic E-state index is 4.27. The SMILES string of the molecule is CCNC(c1ccc(Br)s1)c1c(Br)cnn1C. The van der Waals surface area contributed by atoms with E-state index in [-0.39, 0.29) is 6.04 Å². The predicted octanol–water partition coefficient (Wildman–Crippen LogP) is 3.71. The molecular weight excluding hydrogens is 366 g/mol. The van der Waals surface area contributed by atoms with E-state index in [2.05, 4.69) is 61.3 Å². The molecule has 0 aliphatic carbocycles. The molecule has 0 aromatic carbocycles. The van der Waals surface area contributed by atoms with Gasteiger partial charge >= 0.3 is 0 Å². The number of nitrogens with one attached hydrogen (secondary N) is 1. The van der Waals surface area contributed by atoms with Gasteiger partial charge in [0, 0.05) is 11.9 Å². The van der Waals surface area contributed by atoms with E-state index in [9.17, 15) is 0 Å². The van der Waals surface area contributed by atoms with Crippen LogP contribution in [0.3, 0.4) is 0 Å². The third-order valence-electron chi connectivity index (χ3n) is 2.50. The molecule has 0 spiro atoms. The lowest BCUT2D eigenvalue weighted by atomic mass is 10.1. The number of hydrogen-bond acceptors (Lipinski definition) is 3. The molecular formula is C11H13Br2N3S. The molecule has 2 rings (SSSR count). The van der Waals surface area contributed by atoms with E-state index in [4.69, 9.17) is 0 Å². The number of nitrogens with zero attached hydrogens (tertiary/aromatic N) is 2. The molecule has 1 unspecified atom stereocenters. The van der Waals surface area contributed by atoms with Gasteiger partial charge < -0.3 is 5.32 Å². The Labute approximate surface area is 121 Å². The molecule has 2 heterocycles. The monoisotopic (exact) mass is 377 g/mol. The molecule has 0 amide bonds. The van der Waals surface area contributed by atoms with E-state index < -0.39 is 0 Å². The molecule has 6 heteroatoms. The summed E-state index contributed by atoms with van der Waals surface area (Å²) in [7, 11) is 1.97. The molecule has 92 valence electrons. The first-order valence-corrected chi connectivity index (χ1v) is 7.69. The first kappa shape index (κ1) is 13.3. The largest absolute Gasteiger partial charge is 0.305 e. The molecule has 0 radical (unpaired) electrons. The third-order valence-corrected chi connectivity index (χ3v) is 4.80. The summed E-state index contributed by atoms with van der Waals surface area (Å²) >= 11 is 8.81. The number of aryl methyl sites for hydroxylation is 1. The molecule has 0 saturated carbocycles. The summed E-state index contributed by atoms with van der Waals surface area (Å²) in [6, 6.07) is 4.40. The fraction of sp³-hybridized carbons (Fsp3) is 0.364. The van der Waals surface area contributed by atoms with Crippen molar-refractivity contribution in [3.8, 4) is 0 Å². The van der Waals surface area contributed by atoms with E-state index in [1.807, 2.05) is 17.9 Å². The van der Waals surface area contributed by atoms with E-state index in [1.54, 1.807) is 11.3 Å². The number of aromatic nitrogens is 2. The Kier molecular flexibility index (Phi) is 4.41. The van der Waals surface area contributed by atoms with Gasteiger partial charge in [-0.15, -0.1) is 11.3 Å². The lowest BCUT2D eigenvalue weighted by Crippen LogP contribution is -2.23. The van der Waals surface area contributed by atoms with Crippen molar-refractivity contribution in [1.82, 2.24) is 15.1 Å². The first-order chi connectivity index (χ1) is 8.13. The highest BCUT2D eigenvalue weighted by Crippen LogP contribution is 2.33. The van der Waals surface area contributed by atoms with Gasteiger partial charge in [-0.05, 0) is 50.5 Å². The van der Waals surface area contributed by atoms with Gasteiger partial charge in [-0.2, -0.15) is 5.10 Å². The molecule has 1 N–H and O–H groups in total. The highest BCUT2D eigenvalue weighted by Gasteiger charge is 2.21. The molecule has 3 nitrogen and oxygen atoms in total. The third kappa shape index (κ3) is 2.81. The fourth-order valence-electron chi connectivity index (χ4n) is 1.76. The molecule has 2 aromatic rings. The summed E-state index contributed by atoms with van der Waals surface area (Å²) in [5.74, 6) is 0. The van der Waals surface area contributed by atoms with Crippen LogP contribution < -0.4 is 5.32 Å². The highest BCUT2D eigenvalue weighted by atomic mass is 79.9. The van der Waals surface area contributed by atoms with Crippen LogP contribution in [0.1, 0.15) is 23.5 Å². The quantitative estimate of drug-likeness (QED) is 0.878. The molecule has 0 fully saturated rings. The van der Waals surface area contributed by atoms with Gasteiger partial charge in [-0.1, -0.05) is 6.92 Å². The minimum Gasteiger partial charge on any atom is -0.305 e. The van der Waals surface area contributed by atoms with E-state index in [1.165, 1.54) is 4.88 Å². The summed E-state index contributed by atoms with van der Waals surface area (Å²) in [5.41, 5.74) is 1.15. The van der Waals surface area contributed by atoms with E-state index in [0.29, 0.717) is 0 Å². The first-order valence-electron chi connectivity index (χ1n) is 5.29. The van der Waals surface area contributed by atoms with Crippen molar-refractivity contribution in [2.75, 3.05) is 6.54 Å². The Bertz CT molecular complexity index is 487. The molecule has 17 heavy (non-hydrogen) atoms. The second-order valence-electron chi connectivity index (χ2n) is 3.63. The Morgan fingerprint density at radius 3 is 2.71 bits per heavy atom. The number of hydrogen-bond donors (Lipinski definition) is 1. The summed E-state index contributed by atoms with van der Waals surface area (Å²) < 4.78 is 4.09. The van der Waals surface area contributed by atoms with Crippen molar-refractivity contribution < 1.29 is 0 Å². The van der Waals surface area contributed by atoms with Crippen LogP contribution in [0.4, 0.5) is 0 Å². The molecule has 0 aliphatic heterocycles. The number of thiophene rings is 1. The van der Waals surface area contributed by atoms with Crippen LogP contribution in [0.5, 0.6) is 0 Å². The van der Waals surface area contributed by atoms with Crippen molar-refractivity contribution in [3.05, 3.63) is 37.2 Å². The van der Waals surface area contributed by atoms with Gasteiger partial charge in [0.05, 0.1) is 26.2 Å².